The van der Waals surface area contributed by atoms with Gasteiger partial charge in [0.05, 0.1) is 6.61 Å². The minimum atomic E-state index is -0.818. The van der Waals surface area contributed by atoms with Crippen LogP contribution in [0.15, 0.2) is 42.5 Å². The predicted molar refractivity (Wildman–Crippen MR) is 81.3 cm³/mol. The third-order valence-electron chi connectivity index (χ3n) is 3.97. The van der Waals surface area contributed by atoms with E-state index in [0.717, 1.165) is 5.56 Å². The lowest BCUT2D eigenvalue weighted by atomic mass is 10.1. The monoisotopic (exact) mass is 317 g/mol. The van der Waals surface area contributed by atoms with Gasteiger partial charge in [-0.1, -0.05) is 30.3 Å². The topological polar surface area (TPSA) is 65.1 Å². The molecular formula is C17H19NO5. The van der Waals surface area contributed by atoms with Crippen LogP contribution in [0.4, 0.5) is 4.79 Å². The molecule has 1 saturated heterocycles. The van der Waals surface area contributed by atoms with Gasteiger partial charge in [0.25, 0.3) is 0 Å². The van der Waals surface area contributed by atoms with Crippen molar-refractivity contribution in [2.45, 2.75) is 38.3 Å². The van der Waals surface area contributed by atoms with E-state index in [9.17, 15) is 9.59 Å². The van der Waals surface area contributed by atoms with E-state index >= 15 is 0 Å². The minimum Gasteiger partial charge on any atom is -0.453 e. The summed E-state index contributed by atoms with van der Waals surface area (Å²) >= 11 is 0. The fourth-order valence-corrected chi connectivity index (χ4v) is 2.81. The number of benzene rings is 1. The molecule has 2 aliphatic rings. The number of nitrogens with zero attached hydrogens (tertiary/aromatic N) is 1. The molecular weight excluding hydrogens is 298 g/mol. The first-order valence-corrected chi connectivity index (χ1v) is 7.50. The van der Waals surface area contributed by atoms with Gasteiger partial charge in [0.1, 0.15) is 24.5 Å². The Hall–Kier alpha value is -2.34. The molecule has 122 valence electrons. The molecule has 2 aliphatic heterocycles. The molecule has 6 heteroatoms. The average Bonchev–Trinajstić information content (AvgIpc) is 3.08. The van der Waals surface area contributed by atoms with Gasteiger partial charge in [0.2, 0.25) is 0 Å². The summed E-state index contributed by atoms with van der Waals surface area (Å²) in [4.78, 5) is 25.3. The van der Waals surface area contributed by atoms with Crippen LogP contribution in [0.1, 0.15) is 19.4 Å². The molecule has 23 heavy (non-hydrogen) atoms. The maximum Gasteiger partial charge on any atom is 0.412 e. The molecule has 0 bridgehead atoms. The van der Waals surface area contributed by atoms with E-state index in [1.807, 2.05) is 30.3 Å². The minimum absolute atomic E-state index is 0.180. The summed E-state index contributed by atoms with van der Waals surface area (Å²) in [5, 5.41) is 0. The summed E-state index contributed by atoms with van der Waals surface area (Å²) in [6, 6.07) is 9.06. The molecule has 0 radical (unpaired) electrons. The lowest BCUT2D eigenvalue weighted by molar-refractivity contribution is -0.140. The van der Waals surface area contributed by atoms with Gasteiger partial charge in [-0.25, -0.2) is 9.59 Å². The fourth-order valence-electron chi connectivity index (χ4n) is 2.81. The molecule has 1 fully saturated rings. The summed E-state index contributed by atoms with van der Waals surface area (Å²) in [5.41, 5.74) is 0.0869. The van der Waals surface area contributed by atoms with E-state index in [2.05, 4.69) is 0 Å². The van der Waals surface area contributed by atoms with Crippen LogP contribution in [0.5, 0.6) is 0 Å². The lowest BCUT2D eigenvalue weighted by Gasteiger charge is -2.34. The number of ether oxygens (including phenoxy) is 3. The SMILES string of the molecule is CC1(C)OC[C@H]([C@@H]2C=CC(=O)O2)N1C(=O)OCc1ccccc1. The van der Waals surface area contributed by atoms with E-state index in [1.165, 1.54) is 11.0 Å². The number of hydrogen-bond donors (Lipinski definition) is 0. The van der Waals surface area contributed by atoms with Gasteiger partial charge in [-0.3, -0.25) is 4.90 Å². The zero-order valence-corrected chi connectivity index (χ0v) is 13.1. The van der Waals surface area contributed by atoms with Crippen LogP contribution in [0.3, 0.4) is 0 Å². The first kappa shape index (κ1) is 15.6. The molecule has 6 nitrogen and oxygen atoms in total. The maximum atomic E-state index is 12.5. The van der Waals surface area contributed by atoms with E-state index in [0.29, 0.717) is 0 Å². The highest BCUT2D eigenvalue weighted by molar-refractivity contribution is 5.84. The molecule has 2 heterocycles. The molecule has 0 spiro atoms. The second-order valence-electron chi connectivity index (χ2n) is 6.00. The van der Waals surface area contributed by atoms with Gasteiger partial charge in [0, 0.05) is 6.08 Å². The van der Waals surface area contributed by atoms with E-state index in [1.54, 1.807) is 19.9 Å². The zero-order chi connectivity index (χ0) is 16.4. The van der Waals surface area contributed by atoms with Crippen molar-refractivity contribution in [2.24, 2.45) is 0 Å². The quantitative estimate of drug-likeness (QED) is 0.800. The van der Waals surface area contributed by atoms with Crippen molar-refractivity contribution in [1.29, 1.82) is 0 Å². The maximum absolute atomic E-state index is 12.5. The molecule has 0 N–H and O–H groups in total. The number of cyclic esters (lactones) is 1. The third-order valence-corrected chi connectivity index (χ3v) is 3.97. The Balaban J connectivity index is 1.70. The summed E-state index contributed by atoms with van der Waals surface area (Å²) in [6.45, 7) is 4.05. The Morgan fingerprint density at radius 3 is 2.74 bits per heavy atom. The molecule has 1 aromatic carbocycles. The van der Waals surface area contributed by atoms with Crippen molar-refractivity contribution in [2.75, 3.05) is 6.61 Å². The van der Waals surface area contributed by atoms with Crippen LogP contribution in [0.25, 0.3) is 0 Å². The Bertz CT molecular complexity index is 625. The summed E-state index contributed by atoms with van der Waals surface area (Å²) in [6.07, 6.45) is 2.02. The number of amides is 1. The first-order chi connectivity index (χ1) is 11.0. The van der Waals surface area contributed by atoms with Crippen LogP contribution in [-0.4, -0.2) is 41.4 Å². The normalized spacial score (nSPS) is 25.5. The molecule has 1 aromatic rings. The van der Waals surface area contributed by atoms with Crippen molar-refractivity contribution in [3.63, 3.8) is 0 Å². The second kappa shape index (κ2) is 6.04. The van der Waals surface area contributed by atoms with Crippen LogP contribution >= 0.6 is 0 Å². The van der Waals surface area contributed by atoms with E-state index < -0.39 is 29.9 Å². The number of carbonyl (C=O) groups is 2. The molecule has 0 aromatic heterocycles. The van der Waals surface area contributed by atoms with Gasteiger partial charge in [-0.05, 0) is 25.5 Å². The van der Waals surface area contributed by atoms with Gasteiger partial charge < -0.3 is 14.2 Å². The molecule has 1 amide bonds. The Morgan fingerprint density at radius 1 is 1.35 bits per heavy atom. The molecule has 0 unspecified atom stereocenters. The van der Waals surface area contributed by atoms with E-state index in [4.69, 9.17) is 14.2 Å². The fraction of sp³-hybridized carbons (Fsp3) is 0.412. The number of carbonyl (C=O) groups excluding carboxylic acids is 2. The Morgan fingerprint density at radius 2 is 2.09 bits per heavy atom. The Kier molecular flexibility index (Phi) is 4.09. The third kappa shape index (κ3) is 3.22. The van der Waals surface area contributed by atoms with Crippen molar-refractivity contribution >= 4 is 12.1 Å². The van der Waals surface area contributed by atoms with Gasteiger partial charge in [0.15, 0.2) is 0 Å². The molecule has 0 aliphatic carbocycles. The zero-order valence-electron chi connectivity index (χ0n) is 13.1. The van der Waals surface area contributed by atoms with Gasteiger partial charge in [-0.15, -0.1) is 0 Å². The van der Waals surface area contributed by atoms with Crippen LogP contribution in [0.2, 0.25) is 0 Å². The molecule has 3 rings (SSSR count). The molecule has 2 atom stereocenters. The van der Waals surface area contributed by atoms with E-state index in [-0.39, 0.29) is 13.2 Å². The number of esters is 1. The molecule has 0 saturated carbocycles. The van der Waals surface area contributed by atoms with Gasteiger partial charge in [-0.2, -0.15) is 0 Å². The van der Waals surface area contributed by atoms with Crippen molar-refractivity contribution in [3.8, 4) is 0 Å². The second-order valence-corrected chi connectivity index (χ2v) is 6.00. The summed E-state index contributed by atoms with van der Waals surface area (Å²) < 4.78 is 16.3. The van der Waals surface area contributed by atoms with Crippen molar-refractivity contribution in [1.82, 2.24) is 4.90 Å². The Labute approximate surface area is 134 Å². The largest absolute Gasteiger partial charge is 0.453 e. The smallest absolute Gasteiger partial charge is 0.412 e. The highest BCUT2D eigenvalue weighted by Crippen LogP contribution is 2.32. The highest BCUT2D eigenvalue weighted by atomic mass is 16.6. The summed E-state index contributed by atoms with van der Waals surface area (Å²) in [7, 11) is 0. The van der Waals surface area contributed by atoms with Crippen molar-refractivity contribution in [3.05, 3.63) is 48.0 Å². The summed E-state index contributed by atoms with van der Waals surface area (Å²) in [5.74, 6) is -0.405. The first-order valence-electron chi connectivity index (χ1n) is 7.50. The van der Waals surface area contributed by atoms with Crippen LogP contribution < -0.4 is 0 Å². The average molecular weight is 317 g/mol. The van der Waals surface area contributed by atoms with Gasteiger partial charge >= 0.3 is 12.1 Å². The predicted octanol–water partition coefficient (Wildman–Crippen LogP) is 2.24. The number of hydrogen-bond acceptors (Lipinski definition) is 5. The van der Waals surface area contributed by atoms with Crippen LogP contribution in [0, 0.1) is 0 Å². The lowest BCUT2D eigenvalue weighted by Crippen LogP contribution is -2.51. The standard InChI is InChI=1S/C17H19NO5/c1-17(2)18(13(11-22-17)14-8-9-15(19)23-14)16(20)21-10-12-6-4-3-5-7-12/h3-9,13-14H,10-11H2,1-2H3/t13-,14+/m1/s1. The highest BCUT2D eigenvalue weighted by Gasteiger charge is 2.49. The van der Waals surface area contributed by atoms with Crippen LogP contribution in [-0.2, 0) is 25.6 Å². The van der Waals surface area contributed by atoms with Crippen molar-refractivity contribution < 1.29 is 23.8 Å². The number of rotatable bonds is 3.